The number of aromatic nitrogens is 2. The highest BCUT2D eigenvalue weighted by molar-refractivity contribution is 6.30. The average molecular weight is 196 g/mol. The second-order valence-electron chi connectivity index (χ2n) is 3.45. The number of rotatable bonds is 3. The van der Waals surface area contributed by atoms with E-state index in [1.807, 2.05) is 0 Å². The van der Waals surface area contributed by atoms with E-state index in [9.17, 15) is 0 Å². The fourth-order valence-electron chi connectivity index (χ4n) is 1.43. The Morgan fingerprint density at radius 3 is 3.00 bits per heavy atom. The summed E-state index contributed by atoms with van der Waals surface area (Å²) in [7, 11) is 0. The summed E-state index contributed by atoms with van der Waals surface area (Å²) in [6.07, 6.45) is 5.73. The molecule has 1 saturated carbocycles. The van der Waals surface area contributed by atoms with Crippen molar-refractivity contribution in [2.45, 2.75) is 19.4 Å². The van der Waals surface area contributed by atoms with Crippen molar-refractivity contribution in [2.24, 2.45) is 11.8 Å². The Kier molecular flexibility index (Phi) is 2.24. The van der Waals surface area contributed by atoms with E-state index >= 15 is 0 Å². The van der Waals surface area contributed by atoms with Gasteiger partial charge in [0.15, 0.2) is 0 Å². The van der Waals surface area contributed by atoms with Gasteiger partial charge >= 0.3 is 0 Å². The van der Waals surface area contributed by atoms with Crippen molar-refractivity contribution in [3.8, 4) is 6.07 Å². The van der Waals surface area contributed by atoms with Crippen molar-refractivity contribution in [3.05, 3.63) is 17.4 Å². The van der Waals surface area contributed by atoms with Crippen LogP contribution in [0, 0.1) is 23.2 Å². The third kappa shape index (κ3) is 2.02. The van der Waals surface area contributed by atoms with Crippen LogP contribution >= 0.6 is 11.6 Å². The van der Waals surface area contributed by atoms with Crippen LogP contribution in [0.25, 0.3) is 0 Å². The molecule has 4 heteroatoms. The molecule has 1 aromatic heterocycles. The minimum atomic E-state index is 0.107. The molecular weight excluding hydrogens is 186 g/mol. The van der Waals surface area contributed by atoms with Crippen molar-refractivity contribution >= 4 is 11.6 Å². The Hall–Kier alpha value is -1.01. The second kappa shape index (κ2) is 3.39. The van der Waals surface area contributed by atoms with E-state index in [1.54, 1.807) is 17.1 Å². The third-order valence-electron chi connectivity index (χ3n) is 2.34. The van der Waals surface area contributed by atoms with E-state index < -0.39 is 0 Å². The highest BCUT2D eigenvalue weighted by atomic mass is 35.5. The molecule has 1 aromatic rings. The fourth-order valence-corrected chi connectivity index (χ4v) is 1.59. The number of halogens is 1. The molecule has 0 aliphatic heterocycles. The Morgan fingerprint density at radius 1 is 1.77 bits per heavy atom. The standard InChI is InChI=1S/C9H10ClN3/c10-9-4-12-13(6-9)5-8(3-11)7-1-2-7/h4,6-8H,1-2,5H2. The van der Waals surface area contributed by atoms with Crippen molar-refractivity contribution in [1.29, 1.82) is 5.26 Å². The quantitative estimate of drug-likeness (QED) is 0.741. The Bertz CT molecular complexity index is 335. The van der Waals surface area contributed by atoms with Gasteiger partial charge in [-0.25, -0.2) is 0 Å². The maximum absolute atomic E-state index is 8.88. The van der Waals surface area contributed by atoms with E-state index in [2.05, 4.69) is 11.2 Å². The molecule has 3 nitrogen and oxygen atoms in total. The zero-order chi connectivity index (χ0) is 9.26. The molecule has 0 saturated heterocycles. The minimum absolute atomic E-state index is 0.107. The Balaban J connectivity index is 2.00. The first-order valence-electron chi connectivity index (χ1n) is 4.37. The number of nitriles is 1. The number of hydrogen-bond donors (Lipinski definition) is 0. The lowest BCUT2D eigenvalue weighted by molar-refractivity contribution is 0.455. The van der Waals surface area contributed by atoms with Gasteiger partial charge in [0, 0.05) is 6.20 Å². The maximum Gasteiger partial charge on any atom is 0.0785 e. The first-order chi connectivity index (χ1) is 6.29. The monoisotopic (exact) mass is 195 g/mol. The molecular formula is C9H10ClN3. The first kappa shape index (κ1) is 8.58. The molecule has 0 radical (unpaired) electrons. The van der Waals surface area contributed by atoms with Gasteiger partial charge < -0.3 is 0 Å². The minimum Gasteiger partial charge on any atom is -0.270 e. The maximum atomic E-state index is 8.88. The predicted molar refractivity (Wildman–Crippen MR) is 49.1 cm³/mol. The molecule has 0 N–H and O–H groups in total. The van der Waals surface area contributed by atoms with Crippen LogP contribution in [0.5, 0.6) is 0 Å². The zero-order valence-corrected chi connectivity index (χ0v) is 7.91. The van der Waals surface area contributed by atoms with Gasteiger partial charge in [-0.3, -0.25) is 4.68 Å². The number of hydrogen-bond acceptors (Lipinski definition) is 2. The van der Waals surface area contributed by atoms with Crippen LogP contribution < -0.4 is 0 Å². The highest BCUT2D eigenvalue weighted by Crippen LogP contribution is 2.37. The van der Waals surface area contributed by atoms with E-state index in [1.165, 1.54) is 12.8 Å². The predicted octanol–water partition coefficient (Wildman–Crippen LogP) is 2.09. The Morgan fingerprint density at radius 2 is 2.54 bits per heavy atom. The van der Waals surface area contributed by atoms with Crippen molar-refractivity contribution in [3.63, 3.8) is 0 Å². The molecule has 0 amide bonds. The summed E-state index contributed by atoms with van der Waals surface area (Å²) in [6.45, 7) is 0.674. The molecule has 68 valence electrons. The summed E-state index contributed by atoms with van der Waals surface area (Å²) in [5.41, 5.74) is 0. The van der Waals surface area contributed by atoms with Gasteiger partial charge in [-0.05, 0) is 18.8 Å². The number of nitrogens with zero attached hydrogens (tertiary/aromatic N) is 3. The van der Waals surface area contributed by atoms with Gasteiger partial charge in [-0.2, -0.15) is 10.4 Å². The van der Waals surface area contributed by atoms with Gasteiger partial charge in [0.05, 0.1) is 29.8 Å². The van der Waals surface area contributed by atoms with Crippen LogP contribution in [0.3, 0.4) is 0 Å². The molecule has 0 spiro atoms. The third-order valence-corrected chi connectivity index (χ3v) is 2.54. The van der Waals surface area contributed by atoms with Crippen molar-refractivity contribution in [1.82, 2.24) is 9.78 Å². The Labute approximate surface area is 81.9 Å². The SMILES string of the molecule is N#CC(Cn1cc(Cl)cn1)C1CC1. The van der Waals surface area contributed by atoms with Gasteiger partial charge in [0.25, 0.3) is 0 Å². The molecule has 1 atom stereocenters. The van der Waals surface area contributed by atoms with Gasteiger partial charge in [-0.1, -0.05) is 11.6 Å². The topological polar surface area (TPSA) is 41.6 Å². The summed E-state index contributed by atoms with van der Waals surface area (Å²) in [5.74, 6) is 0.698. The van der Waals surface area contributed by atoms with Gasteiger partial charge in [0.2, 0.25) is 0 Å². The van der Waals surface area contributed by atoms with Crippen LogP contribution in [-0.2, 0) is 6.54 Å². The molecule has 1 unspecified atom stereocenters. The average Bonchev–Trinajstić information content (AvgIpc) is 2.87. The molecule has 2 rings (SSSR count). The molecule has 0 aromatic carbocycles. The summed E-state index contributed by atoms with van der Waals surface area (Å²) in [4.78, 5) is 0. The largest absolute Gasteiger partial charge is 0.270 e. The lowest BCUT2D eigenvalue weighted by Gasteiger charge is -2.06. The molecule has 1 aliphatic rings. The summed E-state index contributed by atoms with van der Waals surface area (Å²) < 4.78 is 1.74. The van der Waals surface area contributed by atoms with E-state index in [4.69, 9.17) is 16.9 Å². The normalized spacial score (nSPS) is 18.2. The fraction of sp³-hybridized carbons (Fsp3) is 0.556. The first-order valence-corrected chi connectivity index (χ1v) is 4.75. The van der Waals surface area contributed by atoms with Crippen molar-refractivity contribution < 1.29 is 0 Å². The van der Waals surface area contributed by atoms with Crippen LogP contribution in [-0.4, -0.2) is 9.78 Å². The molecule has 13 heavy (non-hydrogen) atoms. The van der Waals surface area contributed by atoms with Crippen LogP contribution in [0.15, 0.2) is 12.4 Å². The van der Waals surface area contributed by atoms with Crippen molar-refractivity contribution in [2.75, 3.05) is 0 Å². The summed E-state index contributed by atoms with van der Waals surface area (Å²) in [6, 6.07) is 2.32. The van der Waals surface area contributed by atoms with E-state index in [0.717, 1.165) is 0 Å². The van der Waals surface area contributed by atoms with Crippen LogP contribution in [0.2, 0.25) is 5.02 Å². The highest BCUT2D eigenvalue weighted by Gasteiger charge is 2.31. The van der Waals surface area contributed by atoms with E-state index in [-0.39, 0.29) is 5.92 Å². The second-order valence-corrected chi connectivity index (χ2v) is 3.89. The smallest absolute Gasteiger partial charge is 0.0785 e. The molecule has 1 aliphatic carbocycles. The van der Waals surface area contributed by atoms with E-state index in [0.29, 0.717) is 17.5 Å². The lowest BCUT2D eigenvalue weighted by Crippen LogP contribution is -2.11. The van der Waals surface area contributed by atoms with Crippen LogP contribution in [0.1, 0.15) is 12.8 Å². The van der Waals surface area contributed by atoms with Gasteiger partial charge in [0.1, 0.15) is 0 Å². The molecule has 1 fully saturated rings. The van der Waals surface area contributed by atoms with Gasteiger partial charge in [-0.15, -0.1) is 0 Å². The molecule has 1 heterocycles. The lowest BCUT2D eigenvalue weighted by atomic mass is 10.1. The zero-order valence-electron chi connectivity index (χ0n) is 7.15. The summed E-state index contributed by atoms with van der Waals surface area (Å²) in [5, 5.41) is 13.6. The molecule has 0 bridgehead atoms. The van der Waals surface area contributed by atoms with Crippen LogP contribution in [0.4, 0.5) is 0 Å². The summed E-state index contributed by atoms with van der Waals surface area (Å²) >= 11 is 5.72.